The SMILES string of the molecule is O=C(c1ccc2c(c1)CCO2)C1Cc2ccccc2N1. The molecule has 100 valence electrons. The van der Waals surface area contributed by atoms with Gasteiger partial charge in [-0.3, -0.25) is 4.79 Å². The Morgan fingerprint density at radius 3 is 2.95 bits per heavy atom. The predicted octanol–water partition coefficient (Wildman–Crippen LogP) is 2.84. The molecule has 0 fully saturated rings. The van der Waals surface area contributed by atoms with Gasteiger partial charge >= 0.3 is 0 Å². The molecule has 1 N–H and O–H groups in total. The van der Waals surface area contributed by atoms with Crippen molar-refractivity contribution < 1.29 is 9.53 Å². The first-order chi connectivity index (χ1) is 9.81. The second-order valence-electron chi connectivity index (χ2n) is 5.34. The molecule has 2 aromatic rings. The van der Waals surface area contributed by atoms with Crippen molar-refractivity contribution in [3.63, 3.8) is 0 Å². The molecule has 2 aromatic carbocycles. The third-order valence-electron chi connectivity index (χ3n) is 4.06. The van der Waals surface area contributed by atoms with E-state index >= 15 is 0 Å². The first kappa shape index (κ1) is 11.5. The molecule has 2 aliphatic heterocycles. The normalized spacial score (nSPS) is 18.9. The number of rotatable bonds is 2. The summed E-state index contributed by atoms with van der Waals surface area (Å²) in [5.74, 6) is 1.08. The second-order valence-corrected chi connectivity index (χ2v) is 5.34. The van der Waals surface area contributed by atoms with Crippen LogP contribution in [0.2, 0.25) is 0 Å². The number of carbonyl (C=O) groups is 1. The van der Waals surface area contributed by atoms with Gasteiger partial charge in [-0.15, -0.1) is 0 Å². The van der Waals surface area contributed by atoms with Crippen LogP contribution in [0.5, 0.6) is 5.75 Å². The lowest BCUT2D eigenvalue weighted by Crippen LogP contribution is -2.27. The van der Waals surface area contributed by atoms with E-state index < -0.39 is 0 Å². The maximum absolute atomic E-state index is 12.6. The van der Waals surface area contributed by atoms with E-state index in [0.29, 0.717) is 0 Å². The van der Waals surface area contributed by atoms with Gasteiger partial charge in [0.2, 0.25) is 0 Å². The van der Waals surface area contributed by atoms with Gasteiger partial charge in [0.15, 0.2) is 5.78 Å². The van der Waals surface area contributed by atoms with E-state index in [1.165, 1.54) is 5.56 Å². The molecule has 0 amide bonds. The molecule has 2 aliphatic rings. The van der Waals surface area contributed by atoms with Gasteiger partial charge < -0.3 is 10.1 Å². The summed E-state index contributed by atoms with van der Waals surface area (Å²) in [7, 11) is 0. The molecule has 1 unspecified atom stereocenters. The number of nitrogens with one attached hydrogen (secondary N) is 1. The molecule has 0 bridgehead atoms. The Balaban J connectivity index is 1.60. The van der Waals surface area contributed by atoms with Gasteiger partial charge in [-0.1, -0.05) is 18.2 Å². The molecular weight excluding hydrogens is 250 g/mol. The van der Waals surface area contributed by atoms with Crippen molar-refractivity contribution in [2.24, 2.45) is 0 Å². The van der Waals surface area contributed by atoms with Crippen LogP contribution >= 0.6 is 0 Å². The minimum absolute atomic E-state index is 0.146. The van der Waals surface area contributed by atoms with Crippen molar-refractivity contribution in [3.8, 4) is 5.75 Å². The van der Waals surface area contributed by atoms with E-state index in [9.17, 15) is 4.79 Å². The number of benzene rings is 2. The van der Waals surface area contributed by atoms with E-state index in [1.807, 2.05) is 36.4 Å². The number of hydrogen-bond donors (Lipinski definition) is 1. The summed E-state index contributed by atoms with van der Waals surface area (Å²) in [5, 5.41) is 3.32. The zero-order valence-corrected chi connectivity index (χ0v) is 11.1. The van der Waals surface area contributed by atoms with E-state index in [2.05, 4.69) is 11.4 Å². The van der Waals surface area contributed by atoms with E-state index in [-0.39, 0.29) is 11.8 Å². The van der Waals surface area contributed by atoms with E-state index in [4.69, 9.17) is 4.74 Å². The third kappa shape index (κ3) is 1.78. The summed E-state index contributed by atoms with van der Waals surface area (Å²) >= 11 is 0. The van der Waals surface area contributed by atoms with Gasteiger partial charge in [0.05, 0.1) is 12.6 Å². The molecule has 3 nitrogen and oxygen atoms in total. The molecule has 2 heterocycles. The smallest absolute Gasteiger partial charge is 0.185 e. The van der Waals surface area contributed by atoms with E-state index in [0.717, 1.165) is 42.0 Å². The Kier molecular flexibility index (Phi) is 2.52. The van der Waals surface area contributed by atoms with Crippen LogP contribution < -0.4 is 10.1 Å². The lowest BCUT2D eigenvalue weighted by atomic mass is 9.99. The van der Waals surface area contributed by atoms with Crippen molar-refractivity contribution in [3.05, 3.63) is 59.2 Å². The third-order valence-corrected chi connectivity index (χ3v) is 4.06. The topological polar surface area (TPSA) is 38.3 Å². The number of ether oxygens (including phenoxy) is 1. The number of anilines is 1. The van der Waals surface area contributed by atoms with Crippen LogP contribution in [0.1, 0.15) is 21.5 Å². The molecule has 0 saturated heterocycles. The average Bonchev–Trinajstić information content (AvgIpc) is 3.11. The monoisotopic (exact) mass is 265 g/mol. The van der Waals surface area contributed by atoms with Gasteiger partial charge in [-0.05, 0) is 35.4 Å². The molecule has 0 radical (unpaired) electrons. The zero-order valence-electron chi connectivity index (χ0n) is 11.1. The summed E-state index contributed by atoms with van der Waals surface area (Å²) in [6, 6.07) is 13.7. The van der Waals surface area contributed by atoms with Crippen LogP contribution in [0, 0.1) is 0 Å². The van der Waals surface area contributed by atoms with Crippen molar-refractivity contribution in [2.75, 3.05) is 11.9 Å². The highest BCUT2D eigenvalue weighted by atomic mass is 16.5. The lowest BCUT2D eigenvalue weighted by Gasteiger charge is -2.11. The first-order valence-electron chi connectivity index (χ1n) is 6.96. The molecule has 4 rings (SSSR count). The average molecular weight is 265 g/mol. The minimum Gasteiger partial charge on any atom is -0.493 e. The summed E-state index contributed by atoms with van der Waals surface area (Å²) < 4.78 is 5.48. The maximum Gasteiger partial charge on any atom is 0.185 e. The number of ketones is 1. The minimum atomic E-state index is -0.146. The standard InChI is InChI=1S/C17H15NO2/c19-17(13-5-6-16-12(9-13)7-8-20-16)15-10-11-3-1-2-4-14(11)18-15/h1-6,9,15,18H,7-8,10H2. The van der Waals surface area contributed by atoms with Crippen LogP contribution in [0.4, 0.5) is 5.69 Å². The van der Waals surface area contributed by atoms with Crippen LogP contribution in [-0.4, -0.2) is 18.4 Å². The largest absolute Gasteiger partial charge is 0.493 e. The molecule has 0 spiro atoms. The zero-order chi connectivity index (χ0) is 13.5. The van der Waals surface area contributed by atoms with Crippen molar-refractivity contribution in [1.82, 2.24) is 0 Å². The van der Waals surface area contributed by atoms with Gasteiger partial charge in [0.1, 0.15) is 5.75 Å². The van der Waals surface area contributed by atoms with Crippen LogP contribution in [0.3, 0.4) is 0 Å². The Morgan fingerprint density at radius 2 is 2.05 bits per heavy atom. The lowest BCUT2D eigenvalue weighted by molar-refractivity contribution is 0.0971. The van der Waals surface area contributed by atoms with Crippen molar-refractivity contribution >= 4 is 11.5 Å². The number of hydrogen-bond acceptors (Lipinski definition) is 3. The van der Waals surface area contributed by atoms with Gasteiger partial charge in [0, 0.05) is 24.1 Å². The van der Waals surface area contributed by atoms with Gasteiger partial charge in [-0.25, -0.2) is 0 Å². The molecule has 20 heavy (non-hydrogen) atoms. The van der Waals surface area contributed by atoms with Crippen molar-refractivity contribution in [1.29, 1.82) is 0 Å². The second kappa shape index (κ2) is 4.37. The summed E-state index contributed by atoms with van der Waals surface area (Å²) in [6.07, 6.45) is 1.66. The highest BCUT2D eigenvalue weighted by molar-refractivity contribution is 6.03. The number of Topliss-reactive ketones (excluding diaryl/α,β-unsaturated/α-hetero) is 1. The fourth-order valence-electron chi connectivity index (χ4n) is 3.00. The van der Waals surface area contributed by atoms with Crippen LogP contribution in [0.15, 0.2) is 42.5 Å². The molecular formula is C17H15NO2. The van der Waals surface area contributed by atoms with Crippen LogP contribution in [-0.2, 0) is 12.8 Å². The fraction of sp³-hybridized carbons (Fsp3) is 0.235. The molecule has 0 aliphatic carbocycles. The summed E-state index contributed by atoms with van der Waals surface area (Å²) in [5.41, 5.74) is 4.22. The molecule has 0 saturated carbocycles. The first-order valence-corrected chi connectivity index (χ1v) is 6.96. The highest BCUT2D eigenvalue weighted by Crippen LogP contribution is 2.29. The predicted molar refractivity (Wildman–Crippen MR) is 77.5 cm³/mol. The van der Waals surface area contributed by atoms with Crippen LogP contribution in [0.25, 0.3) is 0 Å². The fourth-order valence-corrected chi connectivity index (χ4v) is 3.00. The quantitative estimate of drug-likeness (QED) is 0.849. The van der Waals surface area contributed by atoms with E-state index in [1.54, 1.807) is 0 Å². The Morgan fingerprint density at radius 1 is 1.15 bits per heavy atom. The molecule has 3 heteroatoms. The van der Waals surface area contributed by atoms with Gasteiger partial charge in [0.25, 0.3) is 0 Å². The summed E-state index contributed by atoms with van der Waals surface area (Å²) in [6.45, 7) is 0.722. The Labute approximate surface area is 117 Å². The van der Waals surface area contributed by atoms with Gasteiger partial charge in [-0.2, -0.15) is 0 Å². The van der Waals surface area contributed by atoms with Crippen molar-refractivity contribution in [2.45, 2.75) is 18.9 Å². The highest BCUT2D eigenvalue weighted by Gasteiger charge is 2.27. The Bertz CT molecular complexity index is 668. The number of carbonyl (C=O) groups excluding carboxylic acids is 1. The summed E-state index contributed by atoms with van der Waals surface area (Å²) in [4.78, 5) is 12.6. The maximum atomic E-state index is 12.6. The molecule has 0 aromatic heterocycles. The molecule has 1 atom stereocenters. The number of para-hydroxylation sites is 1. The number of fused-ring (bicyclic) bond motifs is 2. The Hall–Kier alpha value is -2.29.